The summed E-state index contributed by atoms with van der Waals surface area (Å²) in [5.41, 5.74) is 0. The Morgan fingerprint density at radius 3 is 2.06 bits per heavy atom. The molecule has 2 heterocycles. The van der Waals surface area contributed by atoms with Crippen molar-refractivity contribution in [2.75, 3.05) is 12.4 Å². The highest BCUT2D eigenvalue weighted by molar-refractivity contribution is 7.80. The van der Waals surface area contributed by atoms with Crippen LogP contribution in [0.5, 0.6) is 0 Å². The Hall–Kier alpha value is 0.375. The Balaban J connectivity index is 1.61. The van der Waals surface area contributed by atoms with Crippen LogP contribution in [0.3, 0.4) is 0 Å². The molecule has 0 aromatic carbocycles. The molecule has 2 fully saturated rings. The van der Waals surface area contributed by atoms with Gasteiger partial charge in [0, 0.05) is 6.61 Å². The second-order valence-corrected chi connectivity index (χ2v) is 6.30. The molecule has 98 valence electrons. The Kier molecular flexibility index (Phi) is 6.28. The Bertz CT molecular complexity index is 190. The molecule has 0 amide bonds. The van der Waals surface area contributed by atoms with Crippen molar-refractivity contribution in [1.29, 1.82) is 0 Å². The van der Waals surface area contributed by atoms with Gasteiger partial charge >= 0.3 is 0 Å². The second kappa shape index (κ2) is 7.73. The number of unbranched alkanes of at least 4 members (excludes halogenated alkanes) is 3. The molecule has 0 N–H and O–H groups in total. The molecule has 0 aromatic heterocycles. The fourth-order valence-electron chi connectivity index (χ4n) is 3.67. The third-order valence-electron chi connectivity index (χ3n) is 4.59. The monoisotopic (exact) mass is 254 g/mol. The van der Waals surface area contributed by atoms with E-state index < -0.39 is 0 Å². The fraction of sp³-hybridized carbons (Fsp3) is 1.00. The van der Waals surface area contributed by atoms with Crippen LogP contribution in [0.4, 0.5) is 0 Å². The van der Waals surface area contributed by atoms with Gasteiger partial charge in [-0.2, -0.15) is 12.6 Å². The predicted octanol–water partition coefficient (Wildman–Crippen LogP) is 4.59. The molecule has 2 rings (SSSR count). The minimum Gasteiger partial charge on any atom is -0.435 e. The van der Waals surface area contributed by atoms with Gasteiger partial charge in [-0.25, -0.2) is 0 Å². The smallest absolute Gasteiger partial charge is 0.299 e. The molecule has 3 heteroatoms. The van der Waals surface area contributed by atoms with Gasteiger partial charge in [0.15, 0.2) is 0 Å². The molecule has 0 saturated carbocycles. The van der Waals surface area contributed by atoms with Crippen LogP contribution >= 0.6 is 12.6 Å². The molecule has 0 aliphatic carbocycles. The van der Waals surface area contributed by atoms with Gasteiger partial charge in [0.05, 0.1) is 0 Å². The highest BCUT2D eigenvalue weighted by Crippen LogP contribution is 2.46. The first kappa shape index (κ1) is 13.8. The normalized spacial score (nSPS) is 28.4. The Morgan fingerprint density at radius 2 is 1.47 bits per heavy atom. The van der Waals surface area contributed by atoms with E-state index in [1.54, 1.807) is 0 Å². The molecule has 2 bridgehead atoms. The first-order valence-corrected chi connectivity index (χ1v) is 8.27. The van der Waals surface area contributed by atoms with Crippen LogP contribution in [0.15, 0.2) is 0 Å². The van der Waals surface area contributed by atoms with E-state index in [9.17, 15) is 0 Å². The van der Waals surface area contributed by atoms with Crippen molar-refractivity contribution in [2.24, 2.45) is 0 Å². The average Bonchev–Trinajstić information content (AvgIpc) is 2.33. The zero-order chi connectivity index (χ0) is 11.9. The molecule has 1 nitrogen and oxygen atoms in total. The van der Waals surface area contributed by atoms with Crippen LogP contribution in [-0.4, -0.2) is 19.3 Å². The van der Waals surface area contributed by atoms with Gasteiger partial charge in [-0.1, -0.05) is 51.4 Å². The van der Waals surface area contributed by atoms with E-state index in [4.69, 9.17) is 4.65 Å². The van der Waals surface area contributed by atoms with Crippen molar-refractivity contribution < 1.29 is 4.65 Å². The minimum atomic E-state index is 0.627. The standard InChI is InChI=1S/C14H27BOS/c17-12-4-2-1-3-11-16-15-13-7-5-8-14(15)10-6-9-13/h13-14,17H,1-12H2. The van der Waals surface area contributed by atoms with Crippen LogP contribution in [0.1, 0.15) is 64.2 Å². The number of thiol groups is 1. The number of fused-ring (bicyclic) bond motifs is 2. The van der Waals surface area contributed by atoms with Gasteiger partial charge in [0.25, 0.3) is 6.92 Å². The topological polar surface area (TPSA) is 9.23 Å². The molecule has 2 aliphatic rings. The quantitative estimate of drug-likeness (QED) is 0.397. The summed E-state index contributed by atoms with van der Waals surface area (Å²) in [6.45, 7) is 1.63. The number of rotatable bonds is 7. The Labute approximate surface area is 113 Å². The maximum atomic E-state index is 6.21. The lowest BCUT2D eigenvalue weighted by Gasteiger charge is -2.39. The summed E-state index contributed by atoms with van der Waals surface area (Å²) in [4.78, 5) is 0. The molecule has 0 aromatic rings. The number of hydrogen-bond donors (Lipinski definition) is 1. The van der Waals surface area contributed by atoms with Crippen molar-refractivity contribution in [3.63, 3.8) is 0 Å². The summed E-state index contributed by atoms with van der Waals surface area (Å²) < 4.78 is 6.21. The van der Waals surface area contributed by atoms with E-state index in [1.165, 1.54) is 64.2 Å². The maximum absolute atomic E-state index is 6.21. The van der Waals surface area contributed by atoms with Gasteiger partial charge in [-0.15, -0.1) is 0 Å². The molecule has 17 heavy (non-hydrogen) atoms. The van der Waals surface area contributed by atoms with Crippen LogP contribution in [0, 0.1) is 0 Å². The summed E-state index contributed by atoms with van der Waals surface area (Å²) >= 11 is 4.24. The van der Waals surface area contributed by atoms with E-state index in [0.29, 0.717) is 6.92 Å². The highest BCUT2D eigenvalue weighted by Gasteiger charge is 2.40. The van der Waals surface area contributed by atoms with Crippen molar-refractivity contribution >= 4 is 19.5 Å². The van der Waals surface area contributed by atoms with E-state index in [-0.39, 0.29) is 0 Å². The van der Waals surface area contributed by atoms with Crippen LogP contribution in [0.25, 0.3) is 0 Å². The van der Waals surface area contributed by atoms with Gasteiger partial charge < -0.3 is 4.65 Å². The molecule has 0 unspecified atom stereocenters. The molecule has 2 saturated heterocycles. The van der Waals surface area contributed by atoms with Crippen LogP contribution < -0.4 is 0 Å². The summed E-state index contributed by atoms with van der Waals surface area (Å²) in [5.74, 6) is 2.84. The first-order chi connectivity index (χ1) is 8.42. The highest BCUT2D eigenvalue weighted by atomic mass is 32.1. The second-order valence-electron chi connectivity index (χ2n) is 5.86. The summed E-state index contributed by atoms with van der Waals surface area (Å²) in [6, 6.07) is 0. The minimum absolute atomic E-state index is 0.627. The third kappa shape index (κ3) is 4.20. The van der Waals surface area contributed by atoms with Crippen molar-refractivity contribution in [2.45, 2.75) is 75.8 Å². The lowest BCUT2D eigenvalue weighted by atomic mass is 9.38. The first-order valence-electron chi connectivity index (χ1n) is 7.64. The van der Waals surface area contributed by atoms with Crippen molar-refractivity contribution in [3.05, 3.63) is 0 Å². The molecule has 2 aliphatic heterocycles. The molecule has 0 atom stereocenters. The van der Waals surface area contributed by atoms with E-state index in [2.05, 4.69) is 12.6 Å². The summed E-state index contributed by atoms with van der Waals surface area (Å²) in [5, 5.41) is 0. The van der Waals surface area contributed by atoms with Gasteiger partial charge in [-0.05, 0) is 30.2 Å². The van der Waals surface area contributed by atoms with Gasteiger partial charge in [-0.3, -0.25) is 0 Å². The van der Waals surface area contributed by atoms with Crippen molar-refractivity contribution in [3.8, 4) is 0 Å². The number of hydrogen-bond acceptors (Lipinski definition) is 2. The SMILES string of the molecule is SCCCCCCOB1C2CCCC1CCC2. The maximum Gasteiger partial charge on any atom is 0.299 e. The Morgan fingerprint density at radius 1 is 0.882 bits per heavy atom. The van der Waals surface area contributed by atoms with Crippen molar-refractivity contribution in [1.82, 2.24) is 0 Å². The lowest BCUT2D eigenvalue weighted by Crippen LogP contribution is -2.37. The summed E-state index contributed by atoms with van der Waals surface area (Å²) in [7, 11) is 0. The summed E-state index contributed by atoms with van der Waals surface area (Å²) in [6.07, 6.45) is 13.8. The van der Waals surface area contributed by atoms with E-state index >= 15 is 0 Å². The van der Waals surface area contributed by atoms with Crippen LogP contribution in [-0.2, 0) is 4.65 Å². The van der Waals surface area contributed by atoms with Crippen LogP contribution in [0.2, 0.25) is 11.6 Å². The third-order valence-corrected chi connectivity index (χ3v) is 4.91. The predicted molar refractivity (Wildman–Crippen MR) is 79.2 cm³/mol. The van der Waals surface area contributed by atoms with Gasteiger partial charge in [0.1, 0.15) is 0 Å². The molecule has 0 radical (unpaired) electrons. The fourth-order valence-corrected chi connectivity index (χ4v) is 3.90. The van der Waals surface area contributed by atoms with Gasteiger partial charge in [0.2, 0.25) is 0 Å². The molecule has 0 spiro atoms. The molecular formula is C14H27BOS. The molecular weight excluding hydrogens is 227 g/mol. The van der Waals surface area contributed by atoms with E-state index in [1.807, 2.05) is 0 Å². The average molecular weight is 254 g/mol. The largest absolute Gasteiger partial charge is 0.435 e. The zero-order valence-corrected chi connectivity index (χ0v) is 12.0. The van der Waals surface area contributed by atoms with E-state index in [0.717, 1.165) is 24.0 Å². The zero-order valence-electron chi connectivity index (χ0n) is 11.1. The lowest BCUT2D eigenvalue weighted by molar-refractivity contribution is 0.260.